The van der Waals surface area contributed by atoms with Crippen LogP contribution in [-0.4, -0.2) is 38.1 Å². The Kier molecular flexibility index (Phi) is 5.76. The van der Waals surface area contributed by atoms with Gasteiger partial charge in [0.25, 0.3) is 0 Å². The molecule has 6 nitrogen and oxygen atoms in total. The number of hydrogen-bond donors (Lipinski definition) is 1. The molecule has 2 rings (SSSR count). The molecule has 1 amide bonds. The van der Waals surface area contributed by atoms with Gasteiger partial charge in [0.15, 0.2) is 9.84 Å². The van der Waals surface area contributed by atoms with E-state index >= 15 is 0 Å². The van der Waals surface area contributed by atoms with E-state index in [2.05, 4.69) is 10.5 Å². The first-order valence-corrected chi connectivity index (χ1v) is 9.51. The molecule has 1 heterocycles. The standard InChI is InChI=1S/C16H22N2O4S/c1-3-9-22-15-6-4-13(5-7-15)12(2)17-18-16(19)14-8-10-23(20,21)11-14/h4-7,14H,3,8-11H2,1-2H3,(H,18,19)/b17-12-/t14-/m1/s1. The highest BCUT2D eigenvalue weighted by molar-refractivity contribution is 7.91. The Bertz CT molecular complexity index is 681. The molecule has 7 heteroatoms. The second-order valence-electron chi connectivity index (χ2n) is 5.65. The maximum absolute atomic E-state index is 11.9. The molecule has 0 aliphatic carbocycles. The highest BCUT2D eigenvalue weighted by atomic mass is 32.2. The van der Waals surface area contributed by atoms with Gasteiger partial charge in [0.05, 0.1) is 29.7 Å². The lowest BCUT2D eigenvalue weighted by Crippen LogP contribution is -2.28. The third-order valence-corrected chi connectivity index (χ3v) is 5.45. The fourth-order valence-electron chi connectivity index (χ4n) is 2.31. The highest BCUT2D eigenvalue weighted by Crippen LogP contribution is 2.18. The van der Waals surface area contributed by atoms with Gasteiger partial charge in [-0.25, -0.2) is 13.8 Å². The molecule has 1 N–H and O–H groups in total. The van der Waals surface area contributed by atoms with Crippen molar-refractivity contribution in [1.82, 2.24) is 5.43 Å². The first-order chi connectivity index (χ1) is 10.9. The molecule has 1 aromatic rings. The van der Waals surface area contributed by atoms with Gasteiger partial charge in [0.2, 0.25) is 5.91 Å². The van der Waals surface area contributed by atoms with E-state index in [1.165, 1.54) is 0 Å². The molecule has 1 aromatic carbocycles. The Balaban J connectivity index is 1.93. The number of nitrogens with zero attached hydrogens (tertiary/aromatic N) is 1. The van der Waals surface area contributed by atoms with Gasteiger partial charge < -0.3 is 4.74 Å². The minimum atomic E-state index is -3.07. The largest absolute Gasteiger partial charge is 0.494 e. The SMILES string of the molecule is CCCOc1ccc(/C(C)=N\NC(=O)[C@@H]2CCS(=O)(=O)C2)cc1. The van der Waals surface area contributed by atoms with Crippen molar-refractivity contribution in [1.29, 1.82) is 0 Å². The van der Waals surface area contributed by atoms with Crippen molar-refractivity contribution in [2.45, 2.75) is 26.7 Å². The lowest BCUT2D eigenvalue weighted by molar-refractivity contribution is -0.124. The summed E-state index contributed by atoms with van der Waals surface area (Å²) in [6.45, 7) is 4.50. The molecule has 0 spiro atoms. The molecule has 126 valence electrons. The third-order valence-electron chi connectivity index (χ3n) is 3.68. The Labute approximate surface area is 136 Å². The minimum Gasteiger partial charge on any atom is -0.494 e. The van der Waals surface area contributed by atoms with Gasteiger partial charge in [-0.05, 0) is 49.6 Å². The molecule has 0 radical (unpaired) electrons. The highest BCUT2D eigenvalue weighted by Gasteiger charge is 2.32. The van der Waals surface area contributed by atoms with E-state index in [1.807, 2.05) is 31.2 Å². The monoisotopic (exact) mass is 338 g/mol. The van der Waals surface area contributed by atoms with Crippen LogP contribution in [0.4, 0.5) is 0 Å². The number of benzene rings is 1. The number of sulfone groups is 1. The van der Waals surface area contributed by atoms with E-state index in [4.69, 9.17) is 4.74 Å². The number of nitrogens with one attached hydrogen (secondary N) is 1. The summed E-state index contributed by atoms with van der Waals surface area (Å²) in [4.78, 5) is 11.9. The normalized spacial score (nSPS) is 20.3. The first kappa shape index (κ1) is 17.5. The van der Waals surface area contributed by atoms with Crippen molar-refractivity contribution >= 4 is 21.5 Å². The number of ether oxygens (including phenoxy) is 1. The zero-order valence-electron chi connectivity index (χ0n) is 13.4. The van der Waals surface area contributed by atoms with E-state index < -0.39 is 15.8 Å². The van der Waals surface area contributed by atoms with Crippen LogP contribution < -0.4 is 10.2 Å². The summed E-state index contributed by atoms with van der Waals surface area (Å²) in [5.74, 6) is -0.0533. The fraction of sp³-hybridized carbons (Fsp3) is 0.500. The second-order valence-corrected chi connectivity index (χ2v) is 7.87. The lowest BCUT2D eigenvalue weighted by Gasteiger charge is -2.08. The van der Waals surface area contributed by atoms with E-state index in [-0.39, 0.29) is 17.4 Å². The number of carbonyl (C=O) groups excluding carboxylic acids is 1. The van der Waals surface area contributed by atoms with E-state index in [9.17, 15) is 13.2 Å². The number of hydrazone groups is 1. The zero-order valence-corrected chi connectivity index (χ0v) is 14.2. The molecule has 0 saturated carbocycles. The maximum Gasteiger partial charge on any atom is 0.244 e. The Morgan fingerprint density at radius 2 is 2.04 bits per heavy atom. The van der Waals surface area contributed by atoms with Crippen LogP contribution in [0.25, 0.3) is 0 Å². The number of carbonyl (C=O) groups is 1. The van der Waals surface area contributed by atoms with Crippen molar-refractivity contribution < 1.29 is 17.9 Å². The summed E-state index contributed by atoms with van der Waals surface area (Å²) < 4.78 is 28.3. The fourth-order valence-corrected chi connectivity index (χ4v) is 4.05. The van der Waals surface area contributed by atoms with Crippen LogP contribution >= 0.6 is 0 Å². The van der Waals surface area contributed by atoms with E-state index in [0.717, 1.165) is 17.7 Å². The molecule has 1 aliphatic rings. The summed E-state index contributed by atoms with van der Waals surface area (Å²) in [6.07, 6.45) is 1.32. The molecule has 0 aromatic heterocycles. The molecule has 0 unspecified atom stereocenters. The summed E-state index contributed by atoms with van der Waals surface area (Å²) in [5.41, 5.74) is 3.99. The van der Waals surface area contributed by atoms with Gasteiger partial charge >= 0.3 is 0 Å². The molecular weight excluding hydrogens is 316 g/mol. The van der Waals surface area contributed by atoms with Crippen molar-refractivity contribution in [3.63, 3.8) is 0 Å². The van der Waals surface area contributed by atoms with Crippen LogP contribution in [-0.2, 0) is 14.6 Å². The number of rotatable bonds is 6. The average Bonchev–Trinajstić information content (AvgIpc) is 2.91. The van der Waals surface area contributed by atoms with Gasteiger partial charge in [-0.3, -0.25) is 4.79 Å². The van der Waals surface area contributed by atoms with Crippen LogP contribution in [0.2, 0.25) is 0 Å². The first-order valence-electron chi connectivity index (χ1n) is 7.69. The van der Waals surface area contributed by atoms with Crippen molar-refractivity contribution in [3.05, 3.63) is 29.8 Å². The van der Waals surface area contributed by atoms with Crippen LogP contribution in [0, 0.1) is 5.92 Å². The van der Waals surface area contributed by atoms with Crippen molar-refractivity contribution in [3.8, 4) is 5.75 Å². The lowest BCUT2D eigenvalue weighted by atomic mass is 10.1. The van der Waals surface area contributed by atoms with Gasteiger partial charge in [0.1, 0.15) is 5.75 Å². The molecular formula is C16H22N2O4S. The smallest absolute Gasteiger partial charge is 0.244 e. The number of hydrogen-bond acceptors (Lipinski definition) is 5. The molecule has 0 bridgehead atoms. The van der Waals surface area contributed by atoms with Gasteiger partial charge in [-0.15, -0.1) is 0 Å². The predicted molar refractivity (Wildman–Crippen MR) is 89.3 cm³/mol. The average molecular weight is 338 g/mol. The molecule has 1 fully saturated rings. The maximum atomic E-state index is 11.9. The Hall–Kier alpha value is -1.89. The Morgan fingerprint density at radius 3 is 2.61 bits per heavy atom. The van der Waals surface area contributed by atoms with Gasteiger partial charge in [-0.2, -0.15) is 5.10 Å². The predicted octanol–water partition coefficient (Wildman–Crippen LogP) is 1.75. The van der Waals surface area contributed by atoms with E-state index in [0.29, 0.717) is 18.7 Å². The summed E-state index contributed by atoms with van der Waals surface area (Å²) >= 11 is 0. The summed E-state index contributed by atoms with van der Waals surface area (Å²) in [7, 11) is -3.07. The zero-order chi connectivity index (χ0) is 16.9. The summed E-state index contributed by atoms with van der Waals surface area (Å²) in [6, 6.07) is 7.46. The molecule has 23 heavy (non-hydrogen) atoms. The van der Waals surface area contributed by atoms with Crippen LogP contribution in [0.1, 0.15) is 32.3 Å². The molecule has 1 atom stereocenters. The van der Waals surface area contributed by atoms with E-state index in [1.54, 1.807) is 6.92 Å². The second kappa shape index (κ2) is 7.59. The summed E-state index contributed by atoms with van der Waals surface area (Å²) in [5, 5.41) is 4.06. The van der Waals surface area contributed by atoms with Crippen molar-refractivity contribution in [2.24, 2.45) is 11.0 Å². The molecule has 1 aliphatic heterocycles. The quantitative estimate of drug-likeness (QED) is 0.632. The van der Waals surface area contributed by atoms with Gasteiger partial charge in [0, 0.05) is 0 Å². The number of amides is 1. The van der Waals surface area contributed by atoms with Crippen LogP contribution in [0.5, 0.6) is 5.75 Å². The topological polar surface area (TPSA) is 84.8 Å². The van der Waals surface area contributed by atoms with Gasteiger partial charge in [-0.1, -0.05) is 6.92 Å². The van der Waals surface area contributed by atoms with Crippen molar-refractivity contribution in [2.75, 3.05) is 18.1 Å². The Morgan fingerprint density at radius 1 is 1.35 bits per heavy atom. The minimum absolute atomic E-state index is 0.0764. The molecule has 1 saturated heterocycles. The third kappa shape index (κ3) is 5.06. The van der Waals surface area contributed by atoms with Crippen LogP contribution in [0.15, 0.2) is 29.4 Å². The van der Waals surface area contributed by atoms with Crippen LogP contribution in [0.3, 0.4) is 0 Å².